The third-order valence-electron chi connectivity index (χ3n) is 10.9. The van der Waals surface area contributed by atoms with Crippen molar-refractivity contribution in [3.05, 3.63) is 0 Å². The molecule has 48 heavy (non-hydrogen) atoms. The Labute approximate surface area is 291 Å². The normalized spacial score (nSPS) is 25.2. The van der Waals surface area contributed by atoms with Crippen molar-refractivity contribution in [1.82, 2.24) is 0 Å². The van der Waals surface area contributed by atoms with Crippen molar-refractivity contribution in [2.75, 3.05) is 13.2 Å². The van der Waals surface area contributed by atoms with E-state index in [2.05, 4.69) is 13.8 Å². The first-order valence-electron chi connectivity index (χ1n) is 20.2. The lowest BCUT2D eigenvalue weighted by molar-refractivity contribution is -0.170. The Bertz CT molecular complexity index is 848. The highest BCUT2D eigenvalue weighted by Crippen LogP contribution is 2.35. The van der Waals surface area contributed by atoms with Gasteiger partial charge in [0.05, 0.1) is 36.9 Å². The number of esters is 4. The zero-order valence-corrected chi connectivity index (χ0v) is 30.5. The van der Waals surface area contributed by atoms with Crippen LogP contribution in [0.2, 0.25) is 0 Å². The monoisotopic (exact) mass is 676 g/mol. The lowest BCUT2D eigenvalue weighted by atomic mass is 9.79. The molecule has 0 N–H and O–H groups in total. The van der Waals surface area contributed by atoms with Crippen LogP contribution < -0.4 is 0 Å². The van der Waals surface area contributed by atoms with Crippen molar-refractivity contribution in [2.45, 2.75) is 193 Å². The molecule has 4 rings (SSSR count). The molecule has 4 fully saturated rings. The van der Waals surface area contributed by atoms with Crippen LogP contribution in [-0.4, -0.2) is 49.3 Å². The summed E-state index contributed by atoms with van der Waals surface area (Å²) in [5.74, 6) is -1.84. The van der Waals surface area contributed by atoms with Crippen molar-refractivity contribution in [2.24, 2.45) is 23.7 Å². The maximum absolute atomic E-state index is 12.6. The van der Waals surface area contributed by atoms with Gasteiger partial charge < -0.3 is 18.9 Å². The molecule has 0 radical (unpaired) electrons. The van der Waals surface area contributed by atoms with Gasteiger partial charge in [-0.2, -0.15) is 0 Å². The second-order valence-corrected chi connectivity index (χ2v) is 14.8. The second-order valence-electron chi connectivity index (χ2n) is 14.8. The summed E-state index contributed by atoms with van der Waals surface area (Å²) in [4.78, 5) is 49.9. The van der Waals surface area contributed by atoms with Crippen molar-refractivity contribution in [3.63, 3.8) is 0 Å². The van der Waals surface area contributed by atoms with Crippen molar-refractivity contribution >= 4 is 23.9 Å². The van der Waals surface area contributed by atoms with Crippen LogP contribution in [0.25, 0.3) is 0 Å². The van der Waals surface area contributed by atoms with E-state index in [9.17, 15) is 19.2 Å². The van der Waals surface area contributed by atoms with Crippen LogP contribution in [-0.2, 0) is 38.1 Å². The molecule has 8 heteroatoms. The molecule has 4 saturated carbocycles. The molecule has 0 aromatic heterocycles. The van der Waals surface area contributed by atoms with Gasteiger partial charge in [0.1, 0.15) is 12.2 Å². The Morgan fingerprint density at radius 2 is 0.708 bits per heavy atom. The van der Waals surface area contributed by atoms with Crippen LogP contribution in [0, 0.1) is 23.7 Å². The number of hydrogen-bond donors (Lipinski definition) is 0. The van der Waals surface area contributed by atoms with E-state index in [-0.39, 0.29) is 59.8 Å². The van der Waals surface area contributed by atoms with Gasteiger partial charge in [-0.3, -0.25) is 19.2 Å². The van der Waals surface area contributed by atoms with Gasteiger partial charge in [0.25, 0.3) is 0 Å². The van der Waals surface area contributed by atoms with Crippen molar-refractivity contribution < 1.29 is 38.1 Å². The molecule has 0 saturated heterocycles. The predicted molar refractivity (Wildman–Crippen MR) is 187 cm³/mol. The van der Waals surface area contributed by atoms with Gasteiger partial charge >= 0.3 is 23.9 Å². The van der Waals surface area contributed by atoms with E-state index in [0.717, 1.165) is 128 Å². The molecule has 0 aromatic rings. The van der Waals surface area contributed by atoms with Crippen LogP contribution in [0.4, 0.5) is 0 Å². The van der Waals surface area contributed by atoms with Crippen LogP contribution in [0.5, 0.6) is 0 Å². The third-order valence-corrected chi connectivity index (χ3v) is 10.9. The Morgan fingerprint density at radius 1 is 0.396 bits per heavy atom. The lowest BCUT2D eigenvalue weighted by Gasteiger charge is -2.32. The Kier molecular flexibility index (Phi) is 20.2. The molecule has 0 aliphatic heterocycles. The first-order valence-corrected chi connectivity index (χ1v) is 20.2. The molecule has 4 atom stereocenters. The fourth-order valence-electron chi connectivity index (χ4n) is 7.88. The third kappa shape index (κ3) is 14.8. The minimum Gasteiger partial charge on any atom is -0.465 e. The molecule has 0 heterocycles. The van der Waals surface area contributed by atoms with Gasteiger partial charge in [0.15, 0.2) is 0 Å². The molecule has 0 bridgehead atoms. The highest BCUT2D eigenvalue weighted by Gasteiger charge is 2.40. The fourth-order valence-corrected chi connectivity index (χ4v) is 7.88. The summed E-state index contributed by atoms with van der Waals surface area (Å²) in [6, 6.07) is 0. The van der Waals surface area contributed by atoms with Crippen molar-refractivity contribution in [1.29, 1.82) is 0 Å². The molecule has 4 aliphatic carbocycles. The highest BCUT2D eigenvalue weighted by molar-refractivity contribution is 5.83. The minimum atomic E-state index is -0.298. The van der Waals surface area contributed by atoms with Gasteiger partial charge in [-0.25, -0.2) is 0 Å². The molecule has 0 spiro atoms. The topological polar surface area (TPSA) is 105 Å². The summed E-state index contributed by atoms with van der Waals surface area (Å²) < 4.78 is 22.3. The van der Waals surface area contributed by atoms with Crippen LogP contribution in [0.3, 0.4) is 0 Å². The molecule has 0 aromatic carbocycles. The average Bonchev–Trinajstić information content (AvgIpc) is 3.12. The summed E-state index contributed by atoms with van der Waals surface area (Å²) in [6.45, 7) is 5.28. The summed E-state index contributed by atoms with van der Waals surface area (Å²) >= 11 is 0. The summed E-state index contributed by atoms with van der Waals surface area (Å²) in [5, 5.41) is 0. The van der Waals surface area contributed by atoms with Crippen LogP contribution >= 0.6 is 0 Å². The Hall–Kier alpha value is -2.12. The van der Waals surface area contributed by atoms with E-state index in [0.29, 0.717) is 13.2 Å². The molecule has 8 nitrogen and oxygen atoms in total. The van der Waals surface area contributed by atoms with E-state index in [4.69, 9.17) is 18.9 Å². The SMILES string of the molecule is CCCCCCOC(=O)C1CCCCC1C(=O)OCCCCCC.O=C(OC1CCCCC1)C1CCCCC1C(=O)OC1CCCCC1. The van der Waals surface area contributed by atoms with E-state index in [1.165, 1.54) is 38.5 Å². The molecule has 4 unspecified atom stereocenters. The van der Waals surface area contributed by atoms with Gasteiger partial charge in [-0.15, -0.1) is 0 Å². The zero-order chi connectivity index (χ0) is 34.4. The quantitative estimate of drug-likeness (QED) is 0.0904. The molecule has 276 valence electrons. The second kappa shape index (κ2) is 24.1. The van der Waals surface area contributed by atoms with Crippen molar-refractivity contribution in [3.8, 4) is 0 Å². The van der Waals surface area contributed by atoms with E-state index >= 15 is 0 Å². The maximum atomic E-state index is 12.6. The number of ether oxygens (including phenoxy) is 4. The number of carbonyl (C=O) groups excluding carboxylic acids is 4. The number of rotatable bonds is 16. The van der Waals surface area contributed by atoms with Gasteiger partial charge in [0, 0.05) is 0 Å². The van der Waals surface area contributed by atoms with Gasteiger partial charge in [-0.05, 0) is 89.9 Å². The smallest absolute Gasteiger partial charge is 0.310 e. The van der Waals surface area contributed by atoms with Gasteiger partial charge in [-0.1, -0.05) is 90.9 Å². The molecular formula is C40H68O8. The number of carbonyl (C=O) groups is 4. The lowest BCUT2D eigenvalue weighted by Crippen LogP contribution is -2.38. The maximum Gasteiger partial charge on any atom is 0.310 e. The van der Waals surface area contributed by atoms with E-state index in [1.54, 1.807) is 0 Å². The zero-order valence-electron chi connectivity index (χ0n) is 30.5. The van der Waals surface area contributed by atoms with Crippen LogP contribution in [0.15, 0.2) is 0 Å². The molecule has 4 aliphatic rings. The van der Waals surface area contributed by atoms with E-state index in [1.807, 2.05) is 0 Å². The average molecular weight is 677 g/mol. The Balaban J connectivity index is 0.000000260. The first kappa shape index (κ1) is 40.3. The standard InChI is InChI=1S/C20H32O4.C20H36O4/c21-19(23-15-9-3-1-4-10-15)17-13-7-8-14-18(17)20(22)24-16-11-5-2-6-12-16;1-3-5-7-11-15-23-19(21)17-13-9-10-14-18(17)20(22)24-16-12-8-6-4-2/h15-18H,1-14H2;17-18H,3-16H2,1-2H3. The largest absolute Gasteiger partial charge is 0.465 e. The molecule has 0 amide bonds. The Morgan fingerprint density at radius 3 is 1.04 bits per heavy atom. The number of unbranched alkanes of at least 4 members (excludes halogenated alkanes) is 6. The van der Waals surface area contributed by atoms with Crippen LogP contribution in [0.1, 0.15) is 181 Å². The minimum absolute atomic E-state index is 0.0724. The summed E-state index contributed by atoms with van der Waals surface area (Å²) in [6.07, 6.45) is 26.9. The first-order chi connectivity index (χ1) is 23.4. The predicted octanol–water partition coefficient (Wildman–Crippen LogP) is 9.58. The summed E-state index contributed by atoms with van der Waals surface area (Å²) in [5.41, 5.74) is 0. The highest BCUT2D eigenvalue weighted by atomic mass is 16.6. The fraction of sp³-hybridized carbons (Fsp3) is 0.900. The van der Waals surface area contributed by atoms with Gasteiger partial charge in [0.2, 0.25) is 0 Å². The van der Waals surface area contributed by atoms with E-state index < -0.39 is 0 Å². The molecular weight excluding hydrogens is 608 g/mol. The summed E-state index contributed by atoms with van der Waals surface area (Å²) in [7, 11) is 0. The number of hydrogen-bond acceptors (Lipinski definition) is 8.